The molecule has 2 aromatic heterocycles. The van der Waals surface area contributed by atoms with E-state index >= 15 is 0 Å². The van der Waals surface area contributed by atoms with Gasteiger partial charge in [-0.05, 0) is 30.3 Å². The second-order valence-electron chi connectivity index (χ2n) is 4.55. The van der Waals surface area contributed by atoms with Gasteiger partial charge in [0.1, 0.15) is 0 Å². The van der Waals surface area contributed by atoms with Crippen LogP contribution < -0.4 is 10.1 Å². The second-order valence-corrected chi connectivity index (χ2v) is 4.99. The van der Waals surface area contributed by atoms with Crippen LogP contribution in [0.25, 0.3) is 11.4 Å². The largest absolute Gasteiger partial charge is 0.452 e. The molecule has 0 aliphatic rings. The molecule has 2 N–H and O–H groups in total. The van der Waals surface area contributed by atoms with Gasteiger partial charge in [0, 0.05) is 28.7 Å². The van der Waals surface area contributed by atoms with E-state index in [0.717, 1.165) is 5.56 Å². The number of hydrogen-bond acceptors (Lipinski definition) is 5. The van der Waals surface area contributed by atoms with Crippen LogP contribution in [-0.4, -0.2) is 32.7 Å². The van der Waals surface area contributed by atoms with E-state index in [1.165, 1.54) is 0 Å². The maximum atomic E-state index is 11.8. The summed E-state index contributed by atoms with van der Waals surface area (Å²) in [6.45, 7) is -0.208. The van der Waals surface area contributed by atoms with Gasteiger partial charge in [0.05, 0.1) is 0 Å². The molecular formula is C15H12ClN5O2. The van der Waals surface area contributed by atoms with Crippen LogP contribution in [0.4, 0.5) is 5.69 Å². The average molecular weight is 330 g/mol. The number of amides is 1. The van der Waals surface area contributed by atoms with E-state index in [1.54, 1.807) is 48.8 Å². The maximum absolute atomic E-state index is 11.8. The average Bonchev–Trinajstić information content (AvgIpc) is 3.03. The Morgan fingerprint density at radius 2 is 2.09 bits per heavy atom. The molecule has 116 valence electrons. The van der Waals surface area contributed by atoms with Crippen molar-refractivity contribution in [3.63, 3.8) is 0 Å². The van der Waals surface area contributed by atoms with Crippen molar-refractivity contribution >= 4 is 23.2 Å². The van der Waals surface area contributed by atoms with Gasteiger partial charge in [-0.2, -0.15) is 4.98 Å². The number of pyridine rings is 1. The molecule has 7 nitrogen and oxygen atoms in total. The zero-order valence-corrected chi connectivity index (χ0v) is 12.6. The number of carbonyl (C=O) groups is 1. The first-order valence-corrected chi connectivity index (χ1v) is 7.09. The van der Waals surface area contributed by atoms with Gasteiger partial charge < -0.3 is 10.1 Å². The normalized spacial score (nSPS) is 10.3. The van der Waals surface area contributed by atoms with E-state index in [0.29, 0.717) is 16.5 Å². The lowest BCUT2D eigenvalue weighted by Gasteiger charge is -2.05. The quantitative estimate of drug-likeness (QED) is 0.750. The number of benzene rings is 1. The van der Waals surface area contributed by atoms with Gasteiger partial charge in [0.2, 0.25) is 0 Å². The number of aromatic amines is 1. The smallest absolute Gasteiger partial charge is 0.336 e. The highest BCUT2D eigenvalue weighted by Crippen LogP contribution is 2.16. The predicted octanol–water partition coefficient (Wildman–Crippen LogP) is 2.54. The van der Waals surface area contributed by atoms with Crippen molar-refractivity contribution in [1.29, 1.82) is 0 Å². The summed E-state index contributed by atoms with van der Waals surface area (Å²) in [5, 5.41) is 9.86. The van der Waals surface area contributed by atoms with Crippen LogP contribution in [0.2, 0.25) is 5.02 Å². The van der Waals surface area contributed by atoms with Crippen LogP contribution >= 0.6 is 11.6 Å². The Bertz CT molecular complexity index is 806. The summed E-state index contributed by atoms with van der Waals surface area (Å²) in [5.74, 6) is 0.208. The van der Waals surface area contributed by atoms with Crippen molar-refractivity contribution in [2.45, 2.75) is 0 Å². The molecular weight excluding hydrogens is 318 g/mol. The molecule has 0 fully saturated rings. The van der Waals surface area contributed by atoms with Crippen LogP contribution in [0, 0.1) is 0 Å². The molecule has 0 aliphatic carbocycles. The topological polar surface area (TPSA) is 92.8 Å². The van der Waals surface area contributed by atoms with Crippen LogP contribution in [0.15, 0.2) is 48.8 Å². The van der Waals surface area contributed by atoms with Gasteiger partial charge in [0.15, 0.2) is 12.4 Å². The second kappa shape index (κ2) is 6.89. The minimum absolute atomic E-state index is 0.0954. The Hall–Kier alpha value is -2.93. The molecule has 0 bridgehead atoms. The third-order valence-corrected chi connectivity index (χ3v) is 3.09. The van der Waals surface area contributed by atoms with Gasteiger partial charge >= 0.3 is 6.01 Å². The molecule has 1 amide bonds. The van der Waals surface area contributed by atoms with Crippen LogP contribution in [0.3, 0.4) is 0 Å². The summed E-state index contributed by atoms with van der Waals surface area (Å²) in [6.07, 6.45) is 3.30. The lowest BCUT2D eigenvalue weighted by atomic mass is 10.3. The van der Waals surface area contributed by atoms with E-state index in [2.05, 4.69) is 25.5 Å². The molecule has 3 aromatic rings. The summed E-state index contributed by atoms with van der Waals surface area (Å²) in [5.41, 5.74) is 1.42. The fraction of sp³-hybridized carbons (Fsp3) is 0.0667. The molecule has 1 aromatic carbocycles. The first-order chi connectivity index (χ1) is 11.2. The number of rotatable bonds is 5. The molecule has 3 rings (SSSR count). The maximum Gasteiger partial charge on any atom is 0.336 e. The fourth-order valence-electron chi connectivity index (χ4n) is 1.84. The number of carbonyl (C=O) groups excluding carboxylic acids is 1. The lowest BCUT2D eigenvalue weighted by molar-refractivity contribution is -0.118. The zero-order valence-electron chi connectivity index (χ0n) is 11.9. The highest BCUT2D eigenvalue weighted by atomic mass is 35.5. The van der Waals surface area contributed by atoms with E-state index in [4.69, 9.17) is 16.3 Å². The number of nitrogens with one attached hydrogen (secondary N) is 2. The highest BCUT2D eigenvalue weighted by molar-refractivity contribution is 6.30. The van der Waals surface area contributed by atoms with E-state index in [9.17, 15) is 4.79 Å². The Balaban J connectivity index is 1.56. The third-order valence-electron chi connectivity index (χ3n) is 2.86. The molecule has 23 heavy (non-hydrogen) atoms. The van der Waals surface area contributed by atoms with Crippen LogP contribution in [0.1, 0.15) is 0 Å². The van der Waals surface area contributed by atoms with Gasteiger partial charge in [-0.1, -0.05) is 17.7 Å². The first kappa shape index (κ1) is 15.0. The Morgan fingerprint density at radius 1 is 1.26 bits per heavy atom. The molecule has 0 atom stereocenters. The fourth-order valence-corrected chi connectivity index (χ4v) is 2.03. The number of nitrogens with zero attached hydrogens (tertiary/aromatic N) is 3. The number of halogens is 1. The number of hydrogen-bond donors (Lipinski definition) is 2. The molecule has 0 spiro atoms. The lowest BCUT2D eigenvalue weighted by Crippen LogP contribution is -2.20. The summed E-state index contributed by atoms with van der Waals surface area (Å²) >= 11 is 5.85. The van der Waals surface area contributed by atoms with Gasteiger partial charge in [0.25, 0.3) is 5.91 Å². The monoisotopic (exact) mass is 329 g/mol. The summed E-state index contributed by atoms with van der Waals surface area (Å²) < 4.78 is 5.26. The van der Waals surface area contributed by atoms with Gasteiger partial charge in [-0.15, -0.1) is 5.10 Å². The zero-order chi connectivity index (χ0) is 16.1. The molecule has 2 heterocycles. The molecule has 0 saturated carbocycles. The standard InChI is InChI=1S/C15H12ClN5O2/c16-11-2-1-3-12(8-11)18-13(22)9-23-15-19-14(20-21-15)10-4-6-17-7-5-10/h1-8H,9H2,(H,18,22)(H,19,20,21). The van der Waals surface area contributed by atoms with E-state index < -0.39 is 0 Å². The van der Waals surface area contributed by atoms with Crippen LogP contribution in [-0.2, 0) is 4.79 Å². The molecule has 0 saturated heterocycles. The van der Waals surface area contributed by atoms with Crippen molar-refractivity contribution in [2.24, 2.45) is 0 Å². The third kappa shape index (κ3) is 4.04. The number of ether oxygens (including phenoxy) is 1. The van der Waals surface area contributed by atoms with Crippen molar-refractivity contribution in [1.82, 2.24) is 20.2 Å². The van der Waals surface area contributed by atoms with Crippen molar-refractivity contribution in [2.75, 3.05) is 11.9 Å². The van der Waals surface area contributed by atoms with E-state index in [1.807, 2.05) is 0 Å². The number of H-pyrrole nitrogens is 1. The SMILES string of the molecule is O=C(COc1n[nH]c(-c2ccncc2)n1)Nc1cccc(Cl)c1. The number of aromatic nitrogens is 4. The van der Waals surface area contributed by atoms with Crippen molar-refractivity contribution in [3.05, 3.63) is 53.8 Å². The molecule has 0 radical (unpaired) electrons. The summed E-state index contributed by atoms with van der Waals surface area (Å²) in [7, 11) is 0. The Labute approximate surface area is 136 Å². The molecule has 0 aliphatic heterocycles. The minimum atomic E-state index is -0.331. The van der Waals surface area contributed by atoms with Crippen molar-refractivity contribution < 1.29 is 9.53 Å². The first-order valence-electron chi connectivity index (χ1n) is 6.72. The van der Waals surface area contributed by atoms with Crippen molar-refractivity contribution in [3.8, 4) is 17.4 Å². The Kier molecular flexibility index (Phi) is 4.49. The minimum Gasteiger partial charge on any atom is -0.452 e. The Morgan fingerprint density at radius 3 is 2.87 bits per heavy atom. The molecule has 0 unspecified atom stereocenters. The molecule has 8 heteroatoms. The van der Waals surface area contributed by atoms with E-state index in [-0.39, 0.29) is 18.5 Å². The summed E-state index contributed by atoms with van der Waals surface area (Å²) in [4.78, 5) is 19.9. The highest BCUT2D eigenvalue weighted by Gasteiger charge is 2.09. The summed E-state index contributed by atoms with van der Waals surface area (Å²) in [6, 6.07) is 10.5. The van der Waals surface area contributed by atoms with Gasteiger partial charge in [-0.3, -0.25) is 14.9 Å². The number of anilines is 1. The van der Waals surface area contributed by atoms with Crippen LogP contribution in [0.5, 0.6) is 6.01 Å². The predicted molar refractivity (Wildman–Crippen MR) is 85.2 cm³/mol. The van der Waals surface area contributed by atoms with Gasteiger partial charge in [-0.25, -0.2) is 0 Å².